The number of aliphatic carboxylic acids is 1. The van der Waals surface area contributed by atoms with E-state index in [1.54, 1.807) is 18.2 Å². The number of rotatable bonds is 4. The molecular formula is C12H13N3O4. The van der Waals surface area contributed by atoms with Crippen LogP contribution < -0.4 is 16.9 Å². The summed E-state index contributed by atoms with van der Waals surface area (Å²) in [5.74, 6) is -1.04. The monoisotopic (exact) mass is 263 g/mol. The molecule has 0 radical (unpaired) electrons. The van der Waals surface area contributed by atoms with E-state index in [4.69, 9.17) is 10.8 Å². The Kier molecular flexibility index (Phi) is 3.48. The fourth-order valence-corrected chi connectivity index (χ4v) is 1.76. The Morgan fingerprint density at radius 2 is 1.84 bits per heavy atom. The molecule has 0 aliphatic carbocycles. The van der Waals surface area contributed by atoms with Crippen LogP contribution >= 0.6 is 0 Å². The van der Waals surface area contributed by atoms with Crippen molar-refractivity contribution in [1.29, 1.82) is 0 Å². The van der Waals surface area contributed by atoms with Gasteiger partial charge in [0.1, 0.15) is 6.04 Å². The van der Waals surface area contributed by atoms with E-state index in [9.17, 15) is 14.4 Å². The van der Waals surface area contributed by atoms with Gasteiger partial charge in [-0.05, 0) is 30.5 Å². The van der Waals surface area contributed by atoms with Gasteiger partial charge in [-0.25, -0.2) is 0 Å². The molecule has 1 heterocycles. The van der Waals surface area contributed by atoms with Gasteiger partial charge < -0.3 is 20.8 Å². The summed E-state index contributed by atoms with van der Waals surface area (Å²) in [7, 11) is 0. The molecule has 0 fully saturated rings. The van der Waals surface area contributed by atoms with Gasteiger partial charge >= 0.3 is 17.1 Å². The third kappa shape index (κ3) is 2.89. The van der Waals surface area contributed by atoms with Gasteiger partial charge in [0.05, 0.1) is 11.0 Å². The zero-order chi connectivity index (χ0) is 14.0. The maximum absolute atomic E-state index is 11.2. The molecule has 0 saturated carbocycles. The Morgan fingerprint density at radius 1 is 1.21 bits per heavy atom. The van der Waals surface area contributed by atoms with Crippen molar-refractivity contribution in [2.24, 2.45) is 5.73 Å². The number of hydrogen-bond acceptors (Lipinski definition) is 4. The molecule has 0 saturated heterocycles. The summed E-state index contributed by atoms with van der Waals surface area (Å²) in [5, 5.41) is 8.69. The minimum Gasteiger partial charge on any atom is -0.480 e. The van der Waals surface area contributed by atoms with Crippen LogP contribution in [0, 0.1) is 0 Å². The van der Waals surface area contributed by atoms with Gasteiger partial charge in [0.2, 0.25) is 0 Å². The van der Waals surface area contributed by atoms with E-state index in [2.05, 4.69) is 9.97 Å². The van der Waals surface area contributed by atoms with Crippen LogP contribution in [0.25, 0.3) is 11.0 Å². The highest BCUT2D eigenvalue weighted by atomic mass is 16.4. The van der Waals surface area contributed by atoms with Crippen molar-refractivity contribution in [2.45, 2.75) is 18.9 Å². The molecule has 0 aliphatic rings. The van der Waals surface area contributed by atoms with Crippen LogP contribution in [0.5, 0.6) is 0 Å². The van der Waals surface area contributed by atoms with Crippen molar-refractivity contribution < 1.29 is 9.90 Å². The summed E-state index contributed by atoms with van der Waals surface area (Å²) < 4.78 is 0. The molecule has 2 aromatic rings. The molecule has 1 aromatic heterocycles. The Bertz CT molecular complexity index is 732. The molecule has 2 rings (SSSR count). The minimum absolute atomic E-state index is 0.300. The van der Waals surface area contributed by atoms with Crippen molar-refractivity contribution in [1.82, 2.24) is 9.97 Å². The molecule has 100 valence electrons. The number of benzene rings is 1. The predicted octanol–water partition coefficient (Wildman–Crippen LogP) is -0.439. The number of carboxylic acid groups (broad SMARTS) is 1. The third-order valence-corrected chi connectivity index (χ3v) is 2.85. The number of carboxylic acids is 1. The van der Waals surface area contributed by atoms with E-state index in [0.29, 0.717) is 23.9 Å². The van der Waals surface area contributed by atoms with Gasteiger partial charge in [-0.3, -0.25) is 14.4 Å². The maximum Gasteiger partial charge on any atom is 0.320 e. The number of carbonyl (C=O) groups is 1. The summed E-state index contributed by atoms with van der Waals surface area (Å²) >= 11 is 0. The topological polar surface area (TPSA) is 129 Å². The number of aryl methyl sites for hydroxylation is 1. The zero-order valence-corrected chi connectivity index (χ0v) is 9.97. The molecule has 0 unspecified atom stereocenters. The van der Waals surface area contributed by atoms with Crippen LogP contribution in [0.2, 0.25) is 0 Å². The fraction of sp³-hybridized carbons (Fsp3) is 0.250. The summed E-state index contributed by atoms with van der Waals surface area (Å²) in [6, 6.07) is 4.20. The smallest absolute Gasteiger partial charge is 0.320 e. The number of aromatic amines is 2. The number of hydrogen-bond donors (Lipinski definition) is 4. The maximum atomic E-state index is 11.2. The minimum atomic E-state index is -1.04. The van der Waals surface area contributed by atoms with Gasteiger partial charge in [-0.1, -0.05) is 6.07 Å². The van der Waals surface area contributed by atoms with Crippen LogP contribution in [0.1, 0.15) is 12.0 Å². The van der Waals surface area contributed by atoms with Crippen LogP contribution in [0.15, 0.2) is 27.8 Å². The van der Waals surface area contributed by atoms with E-state index in [1.807, 2.05) is 0 Å². The molecule has 1 aromatic carbocycles. The largest absolute Gasteiger partial charge is 0.480 e. The number of H-pyrrole nitrogens is 2. The van der Waals surface area contributed by atoms with E-state index in [0.717, 1.165) is 5.56 Å². The SMILES string of the molecule is N[C@@H](CCc1ccc2[nH]c(=O)c(=O)[nH]c2c1)C(=O)O. The van der Waals surface area contributed by atoms with Crippen LogP contribution in [0.4, 0.5) is 0 Å². The van der Waals surface area contributed by atoms with E-state index >= 15 is 0 Å². The Morgan fingerprint density at radius 3 is 2.47 bits per heavy atom. The Labute approximate surface area is 107 Å². The standard InChI is InChI=1S/C12H13N3O4/c13-7(12(18)19)3-1-6-2-4-8-9(5-6)15-11(17)10(16)14-8/h2,4-5,7H,1,3,13H2,(H,14,16)(H,15,17)(H,18,19)/t7-/m0/s1. The first-order valence-electron chi connectivity index (χ1n) is 5.71. The molecule has 0 amide bonds. The molecule has 0 bridgehead atoms. The molecule has 5 N–H and O–H groups in total. The first-order valence-corrected chi connectivity index (χ1v) is 5.71. The van der Waals surface area contributed by atoms with Gasteiger partial charge in [0.15, 0.2) is 0 Å². The second-order valence-electron chi connectivity index (χ2n) is 4.27. The van der Waals surface area contributed by atoms with E-state index in [1.165, 1.54) is 0 Å². The third-order valence-electron chi connectivity index (χ3n) is 2.85. The van der Waals surface area contributed by atoms with Crippen molar-refractivity contribution in [2.75, 3.05) is 0 Å². The molecule has 7 nitrogen and oxygen atoms in total. The summed E-state index contributed by atoms with van der Waals surface area (Å²) in [5.41, 5.74) is 5.87. The van der Waals surface area contributed by atoms with Gasteiger partial charge in [0.25, 0.3) is 0 Å². The van der Waals surface area contributed by atoms with Crippen molar-refractivity contribution in [3.63, 3.8) is 0 Å². The van der Waals surface area contributed by atoms with Gasteiger partial charge in [-0.15, -0.1) is 0 Å². The Hall–Kier alpha value is -2.41. The summed E-state index contributed by atoms with van der Waals surface area (Å²) in [6.07, 6.45) is 0.777. The van der Waals surface area contributed by atoms with Gasteiger partial charge in [0, 0.05) is 0 Å². The molecule has 7 heteroatoms. The predicted molar refractivity (Wildman–Crippen MR) is 69.1 cm³/mol. The van der Waals surface area contributed by atoms with Crippen LogP contribution in [-0.4, -0.2) is 27.1 Å². The van der Waals surface area contributed by atoms with Crippen molar-refractivity contribution in [3.8, 4) is 0 Å². The summed E-state index contributed by atoms with van der Waals surface area (Å²) in [6.45, 7) is 0. The number of nitrogens with one attached hydrogen (secondary N) is 2. The lowest BCUT2D eigenvalue weighted by Gasteiger charge is -2.06. The average molecular weight is 263 g/mol. The number of aromatic nitrogens is 2. The lowest BCUT2D eigenvalue weighted by Crippen LogP contribution is -2.30. The number of nitrogens with two attached hydrogens (primary N) is 1. The normalized spacial score (nSPS) is 12.5. The number of fused-ring (bicyclic) bond motifs is 1. The first-order chi connectivity index (χ1) is 8.97. The fourth-order valence-electron chi connectivity index (χ4n) is 1.76. The molecule has 1 atom stereocenters. The van der Waals surface area contributed by atoms with E-state index in [-0.39, 0.29) is 0 Å². The zero-order valence-electron chi connectivity index (χ0n) is 9.97. The quantitative estimate of drug-likeness (QED) is 0.556. The first kappa shape index (κ1) is 13.0. The highest BCUT2D eigenvalue weighted by Crippen LogP contribution is 2.11. The summed E-state index contributed by atoms with van der Waals surface area (Å²) in [4.78, 5) is 37.8. The lowest BCUT2D eigenvalue weighted by molar-refractivity contribution is -0.138. The lowest BCUT2D eigenvalue weighted by atomic mass is 10.1. The second kappa shape index (κ2) is 5.07. The van der Waals surface area contributed by atoms with Crippen molar-refractivity contribution >= 4 is 17.0 Å². The molecule has 0 aliphatic heterocycles. The molecule has 19 heavy (non-hydrogen) atoms. The highest BCUT2D eigenvalue weighted by molar-refractivity contribution is 5.75. The van der Waals surface area contributed by atoms with Gasteiger partial charge in [-0.2, -0.15) is 0 Å². The second-order valence-corrected chi connectivity index (χ2v) is 4.27. The average Bonchev–Trinajstić information content (AvgIpc) is 2.37. The Balaban J connectivity index is 2.27. The molecule has 0 spiro atoms. The van der Waals surface area contributed by atoms with Crippen LogP contribution in [0.3, 0.4) is 0 Å². The van der Waals surface area contributed by atoms with Crippen LogP contribution in [-0.2, 0) is 11.2 Å². The highest BCUT2D eigenvalue weighted by Gasteiger charge is 2.11. The van der Waals surface area contributed by atoms with E-state index < -0.39 is 23.1 Å². The van der Waals surface area contributed by atoms with Crippen molar-refractivity contribution in [3.05, 3.63) is 44.5 Å². The molecular weight excluding hydrogens is 250 g/mol.